The number of urea groups is 1. The van der Waals surface area contributed by atoms with Crippen LogP contribution in [0.1, 0.15) is 11.1 Å². The number of nitrogens with one attached hydrogen (secondary N) is 1. The summed E-state index contributed by atoms with van der Waals surface area (Å²) in [5.74, 6) is -2.05. The van der Waals surface area contributed by atoms with E-state index < -0.39 is 23.7 Å². The summed E-state index contributed by atoms with van der Waals surface area (Å²) in [6, 6.07) is 11.4. The molecule has 0 radical (unpaired) electrons. The topological polar surface area (TPSA) is 66.5 Å². The van der Waals surface area contributed by atoms with E-state index >= 15 is 0 Å². The lowest BCUT2D eigenvalue weighted by atomic mass is 10.1. The molecule has 0 aliphatic carbocycles. The van der Waals surface area contributed by atoms with Gasteiger partial charge in [-0.2, -0.15) is 0 Å². The number of carbonyl (C=O) groups excluding carboxylic acids is 3. The van der Waals surface area contributed by atoms with Gasteiger partial charge in [0.05, 0.1) is 5.69 Å². The van der Waals surface area contributed by atoms with Crippen LogP contribution in [0.15, 0.2) is 54.1 Å². The second-order valence-corrected chi connectivity index (χ2v) is 5.35. The summed E-state index contributed by atoms with van der Waals surface area (Å²) >= 11 is 0. The van der Waals surface area contributed by atoms with Crippen LogP contribution in [-0.2, 0) is 9.59 Å². The molecule has 6 heteroatoms. The van der Waals surface area contributed by atoms with Gasteiger partial charge in [-0.3, -0.25) is 14.9 Å². The van der Waals surface area contributed by atoms with E-state index in [9.17, 15) is 18.8 Å². The van der Waals surface area contributed by atoms with Gasteiger partial charge in [0.2, 0.25) is 0 Å². The third-order valence-electron chi connectivity index (χ3n) is 3.55. The lowest BCUT2D eigenvalue weighted by Crippen LogP contribution is -2.54. The Bertz CT molecular complexity index is 872. The molecule has 4 amide bonds. The Morgan fingerprint density at radius 2 is 1.75 bits per heavy atom. The average molecular weight is 324 g/mol. The second kappa shape index (κ2) is 6.08. The Morgan fingerprint density at radius 3 is 2.42 bits per heavy atom. The van der Waals surface area contributed by atoms with Crippen LogP contribution >= 0.6 is 0 Å². The van der Waals surface area contributed by atoms with Crippen molar-refractivity contribution in [2.75, 3.05) is 4.90 Å². The minimum atomic E-state index is -0.815. The van der Waals surface area contributed by atoms with Gasteiger partial charge >= 0.3 is 6.03 Å². The van der Waals surface area contributed by atoms with E-state index in [1.54, 1.807) is 30.3 Å². The van der Waals surface area contributed by atoms with Crippen LogP contribution in [0.2, 0.25) is 0 Å². The summed E-state index contributed by atoms with van der Waals surface area (Å²) in [5.41, 5.74) is 1.43. The molecular weight excluding hydrogens is 311 g/mol. The maximum absolute atomic E-state index is 13.3. The average Bonchev–Trinajstić information content (AvgIpc) is 2.53. The molecular formula is C18H13FN2O3. The fourth-order valence-corrected chi connectivity index (χ4v) is 2.35. The van der Waals surface area contributed by atoms with Crippen molar-refractivity contribution in [1.29, 1.82) is 0 Å². The Labute approximate surface area is 137 Å². The van der Waals surface area contributed by atoms with Crippen LogP contribution in [0.25, 0.3) is 6.08 Å². The molecule has 0 aromatic heterocycles. The van der Waals surface area contributed by atoms with Gasteiger partial charge in [0.15, 0.2) is 0 Å². The summed E-state index contributed by atoms with van der Waals surface area (Å²) in [6.07, 6.45) is 1.26. The van der Waals surface area contributed by atoms with E-state index in [1.165, 1.54) is 24.3 Å². The molecule has 1 N–H and O–H groups in total. The maximum atomic E-state index is 13.3. The molecule has 1 aliphatic heterocycles. The van der Waals surface area contributed by atoms with Gasteiger partial charge in [0.25, 0.3) is 11.8 Å². The van der Waals surface area contributed by atoms with Crippen molar-refractivity contribution in [3.63, 3.8) is 0 Å². The molecule has 0 bridgehead atoms. The zero-order chi connectivity index (χ0) is 17.3. The van der Waals surface area contributed by atoms with Crippen molar-refractivity contribution >= 4 is 29.6 Å². The van der Waals surface area contributed by atoms with Gasteiger partial charge in [-0.1, -0.05) is 29.8 Å². The first-order valence-corrected chi connectivity index (χ1v) is 7.19. The highest BCUT2D eigenvalue weighted by atomic mass is 19.1. The molecule has 120 valence electrons. The largest absolute Gasteiger partial charge is 0.335 e. The first-order chi connectivity index (χ1) is 11.5. The lowest BCUT2D eigenvalue weighted by Gasteiger charge is -2.26. The van der Waals surface area contributed by atoms with Gasteiger partial charge in [0, 0.05) is 0 Å². The van der Waals surface area contributed by atoms with Crippen LogP contribution < -0.4 is 10.2 Å². The molecule has 0 spiro atoms. The number of amides is 4. The van der Waals surface area contributed by atoms with Crippen molar-refractivity contribution in [2.24, 2.45) is 0 Å². The third-order valence-corrected chi connectivity index (χ3v) is 3.55. The summed E-state index contributed by atoms with van der Waals surface area (Å²) in [5, 5.41) is 2.12. The number of aryl methyl sites for hydroxylation is 1. The molecule has 1 heterocycles. The Morgan fingerprint density at radius 1 is 1.04 bits per heavy atom. The van der Waals surface area contributed by atoms with E-state index in [-0.39, 0.29) is 5.57 Å². The Kier molecular flexibility index (Phi) is 3.95. The van der Waals surface area contributed by atoms with Crippen molar-refractivity contribution in [3.05, 3.63) is 71.0 Å². The zero-order valence-electron chi connectivity index (χ0n) is 12.7. The smallest absolute Gasteiger partial charge is 0.273 e. The number of carbonyl (C=O) groups is 3. The van der Waals surface area contributed by atoms with E-state index in [0.717, 1.165) is 10.5 Å². The number of hydrogen-bond acceptors (Lipinski definition) is 3. The molecule has 24 heavy (non-hydrogen) atoms. The van der Waals surface area contributed by atoms with Crippen molar-refractivity contribution < 1.29 is 18.8 Å². The van der Waals surface area contributed by atoms with E-state index in [0.29, 0.717) is 11.3 Å². The van der Waals surface area contributed by atoms with E-state index in [2.05, 4.69) is 5.32 Å². The molecule has 2 aromatic rings. The summed E-state index contributed by atoms with van der Waals surface area (Å²) in [7, 11) is 0. The molecule has 3 rings (SSSR count). The van der Waals surface area contributed by atoms with Gasteiger partial charge in [-0.25, -0.2) is 14.1 Å². The number of hydrogen-bond donors (Lipinski definition) is 1. The maximum Gasteiger partial charge on any atom is 0.335 e. The van der Waals surface area contributed by atoms with Gasteiger partial charge in [-0.15, -0.1) is 0 Å². The highest BCUT2D eigenvalue weighted by molar-refractivity contribution is 6.39. The third kappa shape index (κ3) is 2.94. The summed E-state index contributed by atoms with van der Waals surface area (Å²) < 4.78 is 13.3. The first-order valence-electron chi connectivity index (χ1n) is 7.19. The molecule has 1 fully saturated rings. The molecule has 0 saturated carbocycles. The van der Waals surface area contributed by atoms with Crippen LogP contribution in [0.4, 0.5) is 14.9 Å². The van der Waals surface area contributed by atoms with Crippen LogP contribution in [-0.4, -0.2) is 17.8 Å². The number of imide groups is 2. The lowest BCUT2D eigenvalue weighted by molar-refractivity contribution is -0.122. The highest BCUT2D eigenvalue weighted by Gasteiger charge is 2.36. The minimum absolute atomic E-state index is 0.235. The standard InChI is InChI=1S/C18H13FN2O3/c1-11-5-7-14(8-6-11)21-17(23)15(16(22)20-18(21)24)10-12-3-2-4-13(19)9-12/h2-10H,1H3,(H,20,22,24)/b15-10+. The van der Waals surface area contributed by atoms with E-state index in [4.69, 9.17) is 0 Å². The van der Waals surface area contributed by atoms with Crippen LogP contribution in [0.5, 0.6) is 0 Å². The highest BCUT2D eigenvalue weighted by Crippen LogP contribution is 2.22. The zero-order valence-corrected chi connectivity index (χ0v) is 12.7. The van der Waals surface area contributed by atoms with Crippen LogP contribution in [0, 0.1) is 12.7 Å². The van der Waals surface area contributed by atoms with Crippen molar-refractivity contribution in [1.82, 2.24) is 5.32 Å². The van der Waals surface area contributed by atoms with Crippen LogP contribution in [0.3, 0.4) is 0 Å². The SMILES string of the molecule is Cc1ccc(N2C(=O)NC(=O)/C(=C\c3cccc(F)c3)C2=O)cc1. The number of rotatable bonds is 2. The quantitative estimate of drug-likeness (QED) is 0.682. The van der Waals surface area contributed by atoms with E-state index in [1.807, 2.05) is 6.92 Å². The molecule has 1 saturated heterocycles. The monoisotopic (exact) mass is 324 g/mol. The number of anilines is 1. The van der Waals surface area contributed by atoms with Gasteiger partial charge in [0.1, 0.15) is 11.4 Å². The Hall–Kier alpha value is -3.28. The van der Waals surface area contributed by atoms with Crippen molar-refractivity contribution in [3.8, 4) is 0 Å². The number of halogens is 1. The summed E-state index contributed by atoms with van der Waals surface area (Å²) in [4.78, 5) is 37.5. The number of barbiturate groups is 1. The predicted molar refractivity (Wildman–Crippen MR) is 86.6 cm³/mol. The molecule has 2 aromatic carbocycles. The minimum Gasteiger partial charge on any atom is -0.273 e. The first kappa shape index (κ1) is 15.6. The fraction of sp³-hybridized carbons (Fsp3) is 0.0556. The number of nitrogens with zero attached hydrogens (tertiary/aromatic N) is 1. The molecule has 0 unspecified atom stereocenters. The number of benzene rings is 2. The second-order valence-electron chi connectivity index (χ2n) is 5.35. The van der Waals surface area contributed by atoms with Gasteiger partial charge < -0.3 is 0 Å². The van der Waals surface area contributed by atoms with Crippen molar-refractivity contribution in [2.45, 2.75) is 6.92 Å². The molecule has 0 atom stereocenters. The fourth-order valence-electron chi connectivity index (χ4n) is 2.35. The summed E-state index contributed by atoms with van der Waals surface area (Å²) in [6.45, 7) is 1.88. The predicted octanol–water partition coefficient (Wildman–Crippen LogP) is 2.80. The Balaban J connectivity index is 2.01. The molecule has 5 nitrogen and oxygen atoms in total. The normalized spacial score (nSPS) is 16.5. The molecule has 1 aliphatic rings. The van der Waals surface area contributed by atoms with Gasteiger partial charge in [-0.05, 0) is 42.8 Å².